The van der Waals surface area contributed by atoms with Crippen molar-refractivity contribution in [1.29, 1.82) is 0 Å². The SMILES string of the molecule is Cc1sc(NC(=O)C(C)(C)C)c(C(=O)OCC(=O)NC(=O)Cc2ccccc2)c1C. The Hall–Kier alpha value is -3.00. The molecule has 1 aromatic carbocycles. The number of esters is 1. The molecule has 1 aromatic heterocycles. The van der Waals surface area contributed by atoms with Crippen LogP contribution in [0, 0.1) is 19.3 Å². The molecule has 3 amide bonds. The second-order valence-corrected chi connectivity index (χ2v) is 9.13. The first kappa shape index (κ1) is 23.3. The Morgan fingerprint density at radius 2 is 1.63 bits per heavy atom. The molecule has 8 heteroatoms. The summed E-state index contributed by atoms with van der Waals surface area (Å²) in [4.78, 5) is 49.7. The third-order valence-corrected chi connectivity index (χ3v) is 5.44. The first-order valence-corrected chi connectivity index (χ1v) is 10.3. The van der Waals surface area contributed by atoms with E-state index in [1.807, 2.05) is 13.0 Å². The van der Waals surface area contributed by atoms with Gasteiger partial charge in [0.2, 0.25) is 11.8 Å². The Balaban J connectivity index is 1.98. The summed E-state index contributed by atoms with van der Waals surface area (Å²) in [7, 11) is 0. The zero-order valence-corrected chi connectivity index (χ0v) is 18.6. The molecule has 0 saturated heterocycles. The van der Waals surface area contributed by atoms with Gasteiger partial charge in [-0.15, -0.1) is 11.3 Å². The lowest BCUT2D eigenvalue weighted by Crippen LogP contribution is -2.35. The quantitative estimate of drug-likeness (QED) is 0.684. The molecule has 2 aromatic rings. The van der Waals surface area contributed by atoms with Crippen molar-refractivity contribution in [1.82, 2.24) is 5.32 Å². The van der Waals surface area contributed by atoms with Crippen molar-refractivity contribution in [2.24, 2.45) is 5.41 Å². The molecular weight excluding hydrogens is 404 g/mol. The highest BCUT2D eigenvalue weighted by atomic mass is 32.1. The molecule has 0 radical (unpaired) electrons. The second-order valence-electron chi connectivity index (χ2n) is 7.90. The summed E-state index contributed by atoms with van der Waals surface area (Å²) in [6, 6.07) is 8.98. The Morgan fingerprint density at radius 1 is 1.00 bits per heavy atom. The summed E-state index contributed by atoms with van der Waals surface area (Å²) in [5.41, 5.74) is 1.03. The van der Waals surface area contributed by atoms with E-state index in [9.17, 15) is 19.2 Å². The fourth-order valence-electron chi connectivity index (χ4n) is 2.47. The monoisotopic (exact) mass is 430 g/mol. The molecule has 2 N–H and O–H groups in total. The average molecular weight is 431 g/mol. The van der Waals surface area contributed by atoms with Gasteiger partial charge in [-0.1, -0.05) is 51.1 Å². The summed E-state index contributed by atoms with van der Waals surface area (Å²) >= 11 is 1.27. The smallest absolute Gasteiger partial charge is 0.341 e. The molecule has 0 aliphatic carbocycles. The molecule has 160 valence electrons. The van der Waals surface area contributed by atoms with E-state index in [0.717, 1.165) is 10.4 Å². The zero-order valence-electron chi connectivity index (χ0n) is 17.8. The van der Waals surface area contributed by atoms with Crippen molar-refractivity contribution in [3.63, 3.8) is 0 Å². The molecule has 0 aliphatic rings. The predicted molar refractivity (Wildman–Crippen MR) is 115 cm³/mol. The minimum absolute atomic E-state index is 0.0480. The number of hydrogen-bond acceptors (Lipinski definition) is 6. The van der Waals surface area contributed by atoms with Crippen LogP contribution in [0.3, 0.4) is 0 Å². The summed E-state index contributed by atoms with van der Waals surface area (Å²) in [5, 5.41) is 5.35. The van der Waals surface area contributed by atoms with Crippen LogP contribution in [0.2, 0.25) is 0 Å². The van der Waals surface area contributed by atoms with Gasteiger partial charge in [0.15, 0.2) is 6.61 Å². The topological polar surface area (TPSA) is 102 Å². The number of anilines is 1. The highest BCUT2D eigenvalue weighted by Gasteiger charge is 2.27. The van der Waals surface area contributed by atoms with E-state index in [2.05, 4.69) is 10.6 Å². The molecule has 2 rings (SSSR count). The number of rotatable bonds is 6. The fourth-order valence-corrected chi connectivity index (χ4v) is 3.52. The maximum atomic E-state index is 12.6. The van der Waals surface area contributed by atoms with Crippen molar-refractivity contribution < 1.29 is 23.9 Å². The molecule has 0 saturated carbocycles. The largest absolute Gasteiger partial charge is 0.452 e. The predicted octanol–water partition coefficient (Wildman–Crippen LogP) is 3.39. The molecule has 7 nitrogen and oxygen atoms in total. The van der Waals surface area contributed by atoms with Gasteiger partial charge in [-0.3, -0.25) is 19.7 Å². The number of imide groups is 1. The van der Waals surface area contributed by atoms with E-state index in [-0.39, 0.29) is 17.9 Å². The van der Waals surface area contributed by atoms with E-state index >= 15 is 0 Å². The Labute approximate surface area is 179 Å². The molecule has 1 heterocycles. The Morgan fingerprint density at radius 3 is 2.23 bits per heavy atom. The van der Waals surface area contributed by atoms with Crippen molar-refractivity contribution in [3.8, 4) is 0 Å². The van der Waals surface area contributed by atoms with Gasteiger partial charge in [0.05, 0.1) is 12.0 Å². The van der Waals surface area contributed by atoms with Gasteiger partial charge in [0, 0.05) is 10.3 Å². The minimum atomic E-state index is -0.730. The van der Waals surface area contributed by atoms with Gasteiger partial charge in [-0.2, -0.15) is 0 Å². The van der Waals surface area contributed by atoms with Crippen molar-refractivity contribution in [3.05, 3.63) is 51.9 Å². The van der Waals surface area contributed by atoms with E-state index in [4.69, 9.17) is 4.74 Å². The molecular formula is C22H26N2O5S. The van der Waals surface area contributed by atoms with Crippen LogP contribution in [-0.4, -0.2) is 30.3 Å². The van der Waals surface area contributed by atoms with Gasteiger partial charge < -0.3 is 10.1 Å². The summed E-state index contributed by atoms with van der Waals surface area (Å²) in [5.74, 6) is -2.16. The third kappa shape index (κ3) is 6.25. The number of thiophene rings is 1. The lowest BCUT2D eigenvalue weighted by Gasteiger charge is -2.17. The van der Waals surface area contributed by atoms with E-state index in [1.165, 1.54) is 11.3 Å². The lowest BCUT2D eigenvalue weighted by atomic mass is 9.96. The number of amides is 3. The van der Waals surface area contributed by atoms with Gasteiger partial charge in [-0.05, 0) is 25.0 Å². The zero-order chi connectivity index (χ0) is 22.5. The maximum absolute atomic E-state index is 12.6. The van der Waals surface area contributed by atoms with Gasteiger partial charge >= 0.3 is 5.97 Å². The fraction of sp³-hybridized carbons (Fsp3) is 0.364. The standard InChI is InChI=1S/C22H26N2O5S/c1-13-14(2)30-19(24-21(28)22(3,4)5)18(13)20(27)29-12-17(26)23-16(25)11-15-9-7-6-8-10-15/h6-10H,11-12H2,1-5H3,(H,24,28)(H,23,25,26). The number of nitrogens with one attached hydrogen (secondary N) is 2. The first-order chi connectivity index (χ1) is 14.0. The van der Waals surface area contributed by atoms with Crippen LogP contribution in [0.5, 0.6) is 0 Å². The van der Waals surface area contributed by atoms with Gasteiger partial charge in [0.1, 0.15) is 5.00 Å². The van der Waals surface area contributed by atoms with E-state index in [1.54, 1.807) is 52.0 Å². The molecule has 0 fully saturated rings. The highest BCUT2D eigenvalue weighted by molar-refractivity contribution is 7.16. The molecule has 0 atom stereocenters. The van der Waals surface area contributed by atoms with Crippen molar-refractivity contribution in [2.45, 2.75) is 41.0 Å². The molecule has 0 spiro atoms. The van der Waals surface area contributed by atoms with E-state index in [0.29, 0.717) is 10.6 Å². The first-order valence-electron chi connectivity index (χ1n) is 9.44. The van der Waals surface area contributed by atoms with Crippen LogP contribution in [0.4, 0.5) is 5.00 Å². The van der Waals surface area contributed by atoms with Crippen LogP contribution in [0.25, 0.3) is 0 Å². The maximum Gasteiger partial charge on any atom is 0.341 e. The average Bonchev–Trinajstić information content (AvgIpc) is 2.93. The number of benzene rings is 1. The molecule has 0 aliphatic heterocycles. The third-order valence-electron chi connectivity index (χ3n) is 4.32. The van der Waals surface area contributed by atoms with Crippen LogP contribution in [0.1, 0.15) is 47.1 Å². The summed E-state index contributed by atoms with van der Waals surface area (Å²) in [6.45, 7) is 8.29. The van der Waals surface area contributed by atoms with Crippen molar-refractivity contribution >= 4 is 40.0 Å². The van der Waals surface area contributed by atoms with Crippen LogP contribution < -0.4 is 10.6 Å². The van der Waals surface area contributed by atoms with Crippen LogP contribution >= 0.6 is 11.3 Å². The normalized spacial score (nSPS) is 11.0. The number of hydrogen-bond donors (Lipinski definition) is 2. The van der Waals surface area contributed by atoms with Crippen molar-refractivity contribution in [2.75, 3.05) is 11.9 Å². The van der Waals surface area contributed by atoms with Gasteiger partial charge in [-0.25, -0.2) is 4.79 Å². The number of carbonyl (C=O) groups is 4. The van der Waals surface area contributed by atoms with Crippen LogP contribution in [0.15, 0.2) is 30.3 Å². The second kappa shape index (κ2) is 9.67. The molecule has 0 bridgehead atoms. The highest BCUT2D eigenvalue weighted by Crippen LogP contribution is 2.34. The Bertz CT molecular complexity index is 958. The number of aryl methyl sites for hydroxylation is 1. The molecule has 30 heavy (non-hydrogen) atoms. The summed E-state index contributed by atoms with van der Waals surface area (Å²) in [6.07, 6.45) is 0.0480. The summed E-state index contributed by atoms with van der Waals surface area (Å²) < 4.78 is 5.10. The molecule has 0 unspecified atom stereocenters. The number of ether oxygens (including phenoxy) is 1. The Kier molecular flexibility index (Phi) is 7.50. The van der Waals surface area contributed by atoms with E-state index < -0.39 is 29.8 Å². The lowest BCUT2D eigenvalue weighted by molar-refractivity contribution is -0.132. The minimum Gasteiger partial charge on any atom is -0.452 e. The van der Waals surface area contributed by atoms with Crippen LogP contribution in [-0.2, 0) is 25.5 Å². The number of carbonyl (C=O) groups excluding carboxylic acids is 4. The van der Waals surface area contributed by atoms with Gasteiger partial charge in [0.25, 0.3) is 5.91 Å².